The number of rotatable bonds is 6. The second-order valence-electron chi connectivity index (χ2n) is 2.17. The van der Waals surface area contributed by atoms with Gasteiger partial charge in [-0.2, -0.15) is 0 Å². The first-order valence-electron chi connectivity index (χ1n) is 3.86. The lowest BCUT2D eigenvalue weighted by Crippen LogP contribution is -2.25. The van der Waals surface area contributed by atoms with Gasteiger partial charge >= 0.3 is 0 Å². The van der Waals surface area contributed by atoms with Gasteiger partial charge in [-0.1, -0.05) is 5.20 Å². The third-order valence-electron chi connectivity index (χ3n) is 1.00. The van der Waals surface area contributed by atoms with E-state index in [2.05, 4.69) is 6.58 Å². The molecule has 0 spiro atoms. The molecule has 0 bridgehead atoms. The quantitative estimate of drug-likeness (QED) is 0.447. The highest BCUT2D eigenvalue weighted by Gasteiger charge is 2.08. The van der Waals surface area contributed by atoms with Gasteiger partial charge in [0.05, 0.1) is 0 Å². The summed E-state index contributed by atoms with van der Waals surface area (Å²) in [6.45, 7) is 11.1. The molecule has 0 saturated carbocycles. The van der Waals surface area contributed by atoms with Crippen LogP contribution in [0.3, 0.4) is 0 Å². The molecule has 0 aliphatic rings. The fourth-order valence-corrected chi connectivity index (χ4v) is 1.54. The molecular formula is C8H16O2Si. The van der Waals surface area contributed by atoms with Gasteiger partial charge < -0.3 is 9.47 Å². The first-order chi connectivity index (χ1) is 5.20. The average molecular weight is 172 g/mol. The van der Waals surface area contributed by atoms with Gasteiger partial charge in [0, 0.05) is 13.2 Å². The van der Waals surface area contributed by atoms with E-state index >= 15 is 0 Å². The van der Waals surface area contributed by atoms with E-state index in [1.54, 1.807) is 0 Å². The molecule has 0 unspecified atom stereocenters. The van der Waals surface area contributed by atoms with Crippen LogP contribution in [0.4, 0.5) is 0 Å². The largest absolute Gasteiger partial charge is 0.357 e. The van der Waals surface area contributed by atoms with Crippen LogP contribution >= 0.6 is 0 Å². The van der Waals surface area contributed by atoms with Crippen LogP contribution in [0.5, 0.6) is 0 Å². The van der Waals surface area contributed by atoms with Crippen molar-refractivity contribution in [3.8, 4) is 0 Å². The van der Waals surface area contributed by atoms with Gasteiger partial charge in [0.2, 0.25) is 0 Å². The molecule has 11 heavy (non-hydrogen) atoms. The van der Waals surface area contributed by atoms with Crippen LogP contribution in [0.15, 0.2) is 11.8 Å². The van der Waals surface area contributed by atoms with Gasteiger partial charge in [0.25, 0.3) is 0 Å². The Morgan fingerprint density at radius 2 is 1.82 bits per heavy atom. The summed E-state index contributed by atoms with van der Waals surface area (Å²) in [6.07, 6.45) is 0. The van der Waals surface area contributed by atoms with Gasteiger partial charge in [-0.3, -0.25) is 0 Å². The summed E-state index contributed by atoms with van der Waals surface area (Å²) in [7, 11) is 0.555. The first-order valence-corrected chi connectivity index (χ1v) is 4.93. The molecular weight excluding hydrogens is 156 g/mol. The van der Waals surface area contributed by atoms with E-state index in [0.29, 0.717) is 22.7 Å². The van der Waals surface area contributed by atoms with Crippen molar-refractivity contribution in [3.05, 3.63) is 11.8 Å². The van der Waals surface area contributed by atoms with Crippen LogP contribution in [0, 0.1) is 0 Å². The average Bonchev–Trinajstić information content (AvgIpc) is 1.87. The van der Waals surface area contributed by atoms with Crippen molar-refractivity contribution in [1.29, 1.82) is 0 Å². The highest BCUT2D eigenvalue weighted by Crippen LogP contribution is 1.97. The molecule has 0 fully saturated rings. The minimum absolute atomic E-state index is 0.0671. The molecule has 0 saturated heterocycles. The summed E-state index contributed by atoms with van der Waals surface area (Å²) in [6, 6.07) is 0. The molecule has 0 aromatic carbocycles. The van der Waals surface area contributed by atoms with E-state index in [9.17, 15) is 0 Å². The Balaban J connectivity index is 3.59. The van der Waals surface area contributed by atoms with Crippen molar-refractivity contribution in [2.24, 2.45) is 0 Å². The predicted molar refractivity (Wildman–Crippen MR) is 47.6 cm³/mol. The standard InChI is InChI=1S/C8H16O2Si/c1-5-9-8(10-6-2)11-7(3)4/h8H,3,5-6H2,1-2,4H3. The van der Waals surface area contributed by atoms with E-state index in [1.807, 2.05) is 20.8 Å². The third kappa shape index (κ3) is 6.28. The van der Waals surface area contributed by atoms with Crippen LogP contribution in [0.1, 0.15) is 20.8 Å². The number of allylic oxidation sites excluding steroid dienone is 1. The molecule has 2 radical (unpaired) electrons. The van der Waals surface area contributed by atoms with Crippen molar-refractivity contribution in [2.45, 2.75) is 26.7 Å². The number of hydrogen-bond donors (Lipinski definition) is 0. The maximum absolute atomic E-state index is 5.32. The Kier molecular flexibility index (Phi) is 6.50. The minimum Gasteiger partial charge on any atom is -0.357 e. The second kappa shape index (κ2) is 6.58. The molecule has 0 rings (SSSR count). The molecule has 0 atom stereocenters. The third-order valence-corrected chi connectivity index (χ3v) is 2.06. The fraction of sp³-hybridized carbons (Fsp3) is 0.750. The maximum Gasteiger partial charge on any atom is 0.151 e. The fourth-order valence-electron chi connectivity index (χ4n) is 0.635. The van der Waals surface area contributed by atoms with Crippen molar-refractivity contribution < 1.29 is 9.47 Å². The smallest absolute Gasteiger partial charge is 0.151 e. The maximum atomic E-state index is 5.32. The Morgan fingerprint density at radius 1 is 1.36 bits per heavy atom. The first kappa shape index (κ1) is 10.9. The van der Waals surface area contributed by atoms with Gasteiger partial charge in [0.1, 0.15) is 5.91 Å². The zero-order valence-corrected chi connectivity index (χ0v) is 8.52. The summed E-state index contributed by atoms with van der Waals surface area (Å²) < 4.78 is 10.6. The molecule has 3 heteroatoms. The number of hydrogen-bond acceptors (Lipinski definition) is 2. The van der Waals surface area contributed by atoms with Crippen molar-refractivity contribution >= 4 is 9.52 Å². The molecule has 64 valence electrons. The second-order valence-corrected chi connectivity index (χ2v) is 3.78. The lowest BCUT2D eigenvalue weighted by molar-refractivity contribution is -0.0820. The van der Waals surface area contributed by atoms with Crippen LogP contribution in [0.2, 0.25) is 0 Å². The summed E-state index contributed by atoms with van der Waals surface area (Å²) in [5.74, 6) is -0.0671. The summed E-state index contributed by atoms with van der Waals surface area (Å²) in [5.41, 5.74) is 0. The Hall–Kier alpha value is -0.123. The van der Waals surface area contributed by atoms with Crippen molar-refractivity contribution in [3.63, 3.8) is 0 Å². The van der Waals surface area contributed by atoms with Gasteiger partial charge in [-0.25, -0.2) is 0 Å². The van der Waals surface area contributed by atoms with E-state index in [1.165, 1.54) is 0 Å². The zero-order valence-electron chi connectivity index (χ0n) is 7.52. The van der Waals surface area contributed by atoms with Crippen LogP contribution in [-0.2, 0) is 9.47 Å². The van der Waals surface area contributed by atoms with E-state index in [0.717, 1.165) is 5.20 Å². The Labute approximate surface area is 71.4 Å². The Bertz CT molecular complexity index is 109. The van der Waals surface area contributed by atoms with E-state index in [4.69, 9.17) is 9.47 Å². The summed E-state index contributed by atoms with van der Waals surface area (Å²) in [4.78, 5) is 0. The SMILES string of the molecule is C=C(C)[Si]C(OCC)OCC. The zero-order chi connectivity index (χ0) is 8.69. The molecule has 0 aromatic heterocycles. The summed E-state index contributed by atoms with van der Waals surface area (Å²) in [5, 5.41) is 1.12. The lowest BCUT2D eigenvalue weighted by atomic mass is 10.8. The van der Waals surface area contributed by atoms with Crippen LogP contribution < -0.4 is 0 Å². The lowest BCUT2D eigenvalue weighted by Gasteiger charge is -2.15. The monoisotopic (exact) mass is 172 g/mol. The van der Waals surface area contributed by atoms with Gasteiger partial charge in [-0.15, -0.1) is 6.58 Å². The van der Waals surface area contributed by atoms with Gasteiger partial charge in [0.15, 0.2) is 9.52 Å². The normalized spacial score (nSPS) is 10.5. The van der Waals surface area contributed by atoms with E-state index in [-0.39, 0.29) is 5.91 Å². The summed E-state index contributed by atoms with van der Waals surface area (Å²) >= 11 is 0. The highest BCUT2D eigenvalue weighted by atomic mass is 28.2. The molecule has 0 aliphatic carbocycles. The van der Waals surface area contributed by atoms with Gasteiger partial charge in [-0.05, 0) is 20.8 Å². The topological polar surface area (TPSA) is 18.5 Å². The molecule has 0 aliphatic heterocycles. The van der Waals surface area contributed by atoms with Crippen LogP contribution in [-0.4, -0.2) is 28.6 Å². The Morgan fingerprint density at radius 3 is 2.09 bits per heavy atom. The molecule has 0 amide bonds. The number of ether oxygens (including phenoxy) is 2. The highest BCUT2D eigenvalue weighted by molar-refractivity contribution is 6.45. The van der Waals surface area contributed by atoms with E-state index < -0.39 is 0 Å². The minimum atomic E-state index is -0.0671. The van der Waals surface area contributed by atoms with Crippen molar-refractivity contribution in [1.82, 2.24) is 0 Å². The molecule has 0 N–H and O–H groups in total. The predicted octanol–water partition coefficient (Wildman–Crippen LogP) is 1.58. The van der Waals surface area contributed by atoms with Crippen LogP contribution in [0.25, 0.3) is 0 Å². The van der Waals surface area contributed by atoms with Crippen molar-refractivity contribution in [2.75, 3.05) is 13.2 Å². The molecule has 0 aromatic rings. The molecule has 0 heterocycles. The molecule has 2 nitrogen and oxygen atoms in total.